The van der Waals surface area contributed by atoms with E-state index in [9.17, 15) is 13.6 Å². The van der Waals surface area contributed by atoms with Crippen molar-refractivity contribution >= 4 is 5.91 Å². The topological polar surface area (TPSA) is 58.4 Å². The first-order chi connectivity index (χ1) is 10.0. The average Bonchev–Trinajstić information content (AvgIpc) is 3.04. The zero-order valence-corrected chi connectivity index (χ0v) is 11.9. The normalized spacial score (nSPS) is 26.5. The Labute approximate surface area is 121 Å². The van der Waals surface area contributed by atoms with Crippen molar-refractivity contribution in [3.8, 4) is 0 Å². The summed E-state index contributed by atoms with van der Waals surface area (Å²) in [5.41, 5.74) is 0.274. The molecule has 2 atom stereocenters. The van der Waals surface area contributed by atoms with E-state index in [1.807, 2.05) is 6.92 Å². The molecule has 1 saturated heterocycles. The number of carbonyl (C=O) groups excluding carboxylic acids is 1. The molecule has 1 aliphatic heterocycles. The van der Waals surface area contributed by atoms with Crippen LogP contribution in [0.4, 0.5) is 8.78 Å². The summed E-state index contributed by atoms with van der Waals surface area (Å²) in [6.07, 6.45) is -0.180. The van der Waals surface area contributed by atoms with Crippen LogP contribution in [0.1, 0.15) is 41.9 Å². The number of nitrogens with zero attached hydrogens (tertiary/aromatic N) is 2. The maximum absolute atomic E-state index is 12.4. The van der Waals surface area contributed by atoms with Crippen LogP contribution < -0.4 is 5.32 Å². The summed E-state index contributed by atoms with van der Waals surface area (Å²) < 4.78 is 30.0. The van der Waals surface area contributed by atoms with Crippen LogP contribution in [0.15, 0.2) is 10.6 Å². The van der Waals surface area contributed by atoms with Gasteiger partial charge >= 0.3 is 0 Å². The molecule has 3 rings (SSSR count). The van der Waals surface area contributed by atoms with Gasteiger partial charge in [-0.3, -0.25) is 9.69 Å². The zero-order chi connectivity index (χ0) is 15.0. The monoisotopic (exact) mass is 299 g/mol. The number of rotatable bonds is 5. The van der Waals surface area contributed by atoms with Crippen molar-refractivity contribution in [3.63, 3.8) is 0 Å². The smallest absolute Gasteiger partial charge is 0.273 e. The van der Waals surface area contributed by atoms with Crippen LogP contribution in [0.25, 0.3) is 0 Å². The van der Waals surface area contributed by atoms with Gasteiger partial charge in [0.2, 0.25) is 0 Å². The van der Waals surface area contributed by atoms with E-state index < -0.39 is 6.43 Å². The number of amides is 1. The first-order valence-corrected chi connectivity index (χ1v) is 7.31. The maximum atomic E-state index is 12.4. The molecule has 5 nitrogen and oxygen atoms in total. The Morgan fingerprint density at radius 2 is 2.29 bits per heavy atom. The highest BCUT2D eigenvalue weighted by Gasteiger charge is 2.33. The summed E-state index contributed by atoms with van der Waals surface area (Å²) in [5.74, 6) is 1.02. The van der Waals surface area contributed by atoms with Gasteiger partial charge in [-0.2, -0.15) is 0 Å². The van der Waals surface area contributed by atoms with Gasteiger partial charge < -0.3 is 9.84 Å². The van der Waals surface area contributed by atoms with Crippen LogP contribution in [0.3, 0.4) is 0 Å². The van der Waals surface area contributed by atoms with Crippen molar-refractivity contribution in [2.24, 2.45) is 5.92 Å². The van der Waals surface area contributed by atoms with Crippen molar-refractivity contribution in [2.75, 3.05) is 19.6 Å². The Balaban J connectivity index is 1.56. The third kappa shape index (κ3) is 3.40. The fourth-order valence-corrected chi connectivity index (χ4v) is 2.80. The van der Waals surface area contributed by atoms with Crippen LogP contribution in [0.5, 0.6) is 0 Å². The molecular formula is C14H19F2N3O2. The van der Waals surface area contributed by atoms with Crippen LogP contribution in [-0.2, 0) is 0 Å². The van der Waals surface area contributed by atoms with Crippen molar-refractivity contribution in [1.82, 2.24) is 15.4 Å². The van der Waals surface area contributed by atoms with Crippen molar-refractivity contribution in [3.05, 3.63) is 17.5 Å². The number of halogens is 2. The Kier molecular flexibility index (Phi) is 3.93. The summed E-state index contributed by atoms with van der Waals surface area (Å²) in [6.45, 7) is 2.73. The molecule has 1 aliphatic carbocycles. The van der Waals surface area contributed by atoms with Gasteiger partial charge in [0.05, 0.1) is 6.54 Å². The second kappa shape index (κ2) is 5.71. The molecule has 2 unspecified atom stereocenters. The van der Waals surface area contributed by atoms with E-state index >= 15 is 0 Å². The Bertz CT molecular complexity index is 516. The third-order valence-corrected chi connectivity index (χ3v) is 4.14. The van der Waals surface area contributed by atoms with Crippen molar-refractivity contribution < 1.29 is 18.1 Å². The average molecular weight is 299 g/mol. The molecule has 0 radical (unpaired) electrons. The minimum Gasteiger partial charge on any atom is -0.360 e. The third-order valence-electron chi connectivity index (χ3n) is 4.14. The minimum atomic E-state index is -2.34. The van der Waals surface area contributed by atoms with Crippen molar-refractivity contribution in [1.29, 1.82) is 0 Å². The molecule has 116 valence electrons. The van der Waals surface area contributed by atoms with Gasteiger partial charge in [-0.15, -0.1) is 0 Å². The highest BCUT2D eigenvalue weighted by atomic mass is 19.3. The Morgan fingerprint density at radius 1 is 1.52 bits per heavy atom. The number of nitrogens with one attached hydrogen (secondary N) is 1. The second-order valence-corrected chi connectivity index (χ2v) is 6.06. The highest BCUT2D eigenvalue weighted by Crippen LogP contribution is 2.40. The Hall–Kier alpha value is -1.50. The molecule has 0 bridgehead atoms. The van der Waals surface area contributed by atoms with E-state index in [-0.39, 0.29) is 30.1 Å². The number of aromatic nitrogens is 1. The van der Waals surface area contributed by atoms with Crippen LogP contribution in [0.2, 0.25) is 0 Å². The van der Waals surface area contributed by atoms with Gasteiger partial charge in [-0.05, 0) is 18.8 Å². The zero-order valence-electron chi connectivity index (χ0n) is 11.9. The van der Waals surface area contributed by atoms with E-state index in [0.29, 0.717) is 19.0 Å². The Morgan fingerprint density at radius 3 is 2.95 bits per heavy atom. The summed E-state index contributed by atoms with van der Waals surface area (Å²) >= 11 is 0. The fourth-order valence-electron chi connectivity index (χ4n) is 2.80. The number of likely N-dealkylation sites (tertiary alicyclic amines) is 1. The molecule has 21 heavy (non-hydrogen) atoms. The minimum absolute atomic E-state index is 0.127. The number of hydrogen-bond acceptors (Lipinski definition) is 4. The van der Waals surface area contributed by atoms with Crippen molar-refractivity contribution in [2.45, 2.75) is 38.2 Å². The second-order valence-electron chi connectivity index (χ2n) is 6.06. The molecule has 1 saturated carbocycles. The number of alkyl halides is 2. The van der Waals surface area contributed by atoms with Gasteiger partial charge in [0.1, 0.15) is 5.76 Å². The quantitative estimate of drug-likeness (QED) is 0.901. The highest BCUT2D eigenvalue weighted by molar-refractivity contribution is 5.92. The largest absolute Gasteiger partial charge is 0.360 e. The lowest BCUT2D eigenvalue weighted by Crippen LogP contribution is -2.40. The lowest BCUT2D eigenvalue weighted by atomic mass is 10.1. The first-order valence-electron chi connectivity index (χ1n) is 7.31. The molecule has 2 heterocycles. The lowest BCUT2D eigenvalue weighted by Gasteiger charge is -2.16. The van der Waals surface area contributed by atoms with Gasteiger partial charge in [0.25, 0.3) is 12.3 Å². The number of hydrogen-bond donors (Lipinski definition) is 1. The van der Waals surface area contributed by atoms with E-state index in [4.69, 9.17) is 4.52 Å². The molecule has 2 aliphatic rings. The van der Waals surface area contributed by atoms with Gasteiger partial charge in [0, 0.05) is 31.1 Å². The van der Waals surface area contributed by atoms with Gasteiger partial charge in [-0.1, -0.05) is 12.1 Å². The van der Waals surface area contributed by atoms with Crippen LogP contribution in [-0.4, -0.2) is 48.1 Å². The first kappa shape index (κ1) is 14.4. The molecular weight excluding hydrogens is 280 g/mol. The van der Waals surface area contributed by atoms with E-state index in [2.05, 4.69) is 10.5 Å². The molecule has 0 spiro atoms. The molecule has 1 amide bonds. The summed E-state index contributed by atoms with van der Waals surface area (Å²) in [7, 11) is 0. The summed E-state index contributed by atoms with van der Waals surface area (Å²) in [5, 5.41) is 6.66. The van der Waals surface area contributed by atoms with E-state index in [1.165, 1.54) is 0 Å². The molecule has 2 fully saturated rings. The summed E-state index contributed by atoms with van der Waals surface area (Å²) in [6, 6.07) is 1.56. The molecule has 1 aromatic rings. The molecule has 7 heteroatoms. The van der Waals surface area contributed by atoms with E-state index in [1.54, 1.807) is 11.0 Å². The molecule has 1 aromatic heterocycles. The van der Waals surface area contributed by atoms with E-state index in [0.717, 1.165) is 18.6 Å². The lowest BCUT2D eigenvalue weighted by molar-refractivity contribution is 0.0910. The molecule has 0 aromatic carbocycles. The van der Waals surface area contributed by atoms with Gasteiger partial charge in [0.15, 0.2) is 5.69 Å². The maximum Gasteiger partial charge on any atom is 0.273 e. The SMILES string of the molecule is CC1CN(CC(F)F)CC1NC(=O)c1cc(C2CC2)on1. The summed E-state index contributed by atoms with van der Waals surface area (Å²) in [4.78, 5) is 13.8. The van der Waals surface area contributed by atoms with Gasteiger partial charge in [-0.25, -0.2) is 8.78 Å². The standard InChI is InChI=1S/C14H19F2N3O2/c1-8-5-19(7-13(15)16)6-11(8)17-14(20)10-4-12(21-18-10)9-2-3-9/h4,8-9,11,13H,2-3,5-7H2,1H3,(H,17,20). The predicted molar refractivity (Wildman–Crippen MR) is 71.3 cm³/mol. The van der Waals surface area contributed by atoms with Crippen LogP contribution in [0, 0.1) is 5.92 Å². The fraction of sp³-hybridized carbons (Fsp3) is 0.714. The molecule has 1 N–H and O–H groups in total. The predicted octanol–water partition coefficient (Wildman–Crippen LogP) is 1.87. The number of carbonyl (C=O) groups is 1. The van der Waals surface area contributed by atoms with Crippen LogP contribution >= 0.6 is 0 Å².